The van der Waals surface area contributed by atoms with Crippen molar-refractivity contribution in [3.8, 4) is 0 Å². The number of ether oxygens (including phenoxy) is 1. The molecule has 1 fully saturated rings. The Balaban J connectivity index is 1.98. The van der Waals surface area contributed by atoms with Gasteiger partial charge in [0.05, 0.1) is 6.61 Å². The number of methoxy groups -OCH3 is 1. The van der Waals surface area contributed by atoms with E-state index in [1.54, 1.807) is 7.11 Å². The number of hydrogen-bond donors (Lipinski definition) is 2. The van der Waals surface area contributed by atoms with Crippen molar-refractivity contribution >= 4 is 5.96 Å². The number of hydrogen-bond acceptors (Lipinski definition) is 4. The molecule has 0 amide bonds. The first-order valence-electron chi connectivity index (χ1n) is 9.91. The number of nitrogens with one attached hydrogen (secondary N) is 2. The second-order valence-corrected chi connectivity index (χ2v) is 7.50. The maximum absolute atomic E-state index is 5.15. The van der Waals surface area contributed by atoms with Crippen LogP contribution >= 0.6 is 0 Å². The highest BCUT2D eigenvalue weighted by Crippen LogP contribution is 2.31. The monoisotopic (exact) mass is 364 g/mol. The first-order chi connectivity index (χ1) is 12.5. The van der Waals surface area contributed by atoms with Crippen LogP contribution in [-0.4, -0.2) is 47.0 Å². The van der Waals surface area contributed by atoms with Gasteiger partial charge in [-0.3, -0.25) is 0 Å². The summed E-state index contributed by atoms with van der Waals surface area (Å²) in [6.45, 7) is 8.46. The summed E-state index contributed by atoms with van der Waals surface area (Å²) in [5, 5.41) is 15.3. The Labute approximate surface area is 158 Å². The maximum atomic E-state index is 5.15. The van der Waals surface area contributed by atoms with Crippen LogP contribution in [0, 0.1) is 18.8 Å². The van der Waals surface area contributed by atoms with E-state index in [4.69, 9.17) is 9.73 Å². The number of nitrogens with zero attached hydrogens (tertiary/aromatic N) is 4. The lowest BCUT2D eigenvalue weighted by Gasteiger charge is -2.33. The molecule has 2 N–H and O–H groups in total. The molecule has 0 aromatic carbocycles. The molecule has 7 nitrogen and oxygen atoms in total. The summed E-state index contributed by atoms with van der Waals surface area (Å²) in [6, 6.07) is 0.369. The van der Waals surface area contributed by atoms with Crippen LogP contribution in [0.5, 0.6) is 0 Å². The molecule has 2 rings (SSSR count). The molecule has 1 aliphatic carbocycles. The van der Waals surface area contributed by atoms with Crippen molar-refractivity contribution in [1.29, 1.82) is 0 Å². The van der Waals surface area contributed by atoms with E-state index in [0.29, 0.717) is 25.1 Å². The highest BCUT2D eigenvalue weighted by atomic mass is 16.5. The highest BCUT2D eigenvalue weighted by molar-refractivity contribution is 5.80. The summed E-state index contributed by atoms with van der Waals surface area (Å²) in [7, 11) is 3.68. The van der Waals surface area contributed by atoms with Crippen LogP contribution < -0.4 is 10.6 Å². The summed E-state index contributed by atoms with van der Waals surface area (Å²) in [5.41, 5.74) is 0. The van der Waals surface area contributed by atoms with Crippen LogP contribution in [0.3, 0.4) is 0 Å². The van der Waals surface area contributed by atoms with Crippen molar-refractivity contribution in [2.75, 3.05) is 20.3 Å². The van der Waals surface area contributed by atoms with Gasteiger partial charge in [-0.05, 0) is 25.7 Å². The van der Waals surface area contributed by atoms with E-state index in [0.717, 1.165) is 30.1 Å². The largest absolute Gasteiger partial charge is 0.383 e. The molecule has 7 heteroatoms. The zero-order valence-electron chi connectivity index (χ0n) is 17.1. The Hall–Kier alpha value is -1.63. The molecule has 1 saturated carbocycles. The van der Waals surface area contributed by atoms with E-state index < -0.39 is 0 Å². The Bertz CT molecular complexity index is 564. The standard InChI is InChI=1S/C19H36N6O/c1-14(17-9-7-6-8-10-17)15(2)22-19(20-11-12-26-5)21-13-18-24-23-16(3)25(18)4/h14-15,17H,6-13H2,1-5H3,(H2,20,21,22). The van der Waals surface area contributed by atoms with E-state index in [1.807, 2.05) is 18.5 Å². The van der Waals surface area contributed by atoms with E-state index in [2.05, 4.69) is 34.7 Å². The Morgan fingerprint density at radius 3 is 2.62 bits per heavy atom. The van der Waals surface area contributed by atoms with Gasteiger partial charge < -0.3 is 19.9 Å². The minimum atomic E-state index is 0.369. The third-order valence-electron chi connectivity index (χ3n) is 5.71. The average molecular weight is 365 g/mol. The summed E-state index contributed by atoms with van der Waals surface area (Å²) in [4.78, 5) is 4.72. The first-order valence-corrected chi connectivity index (χ1v) is 9.91. The molecule has 1 aromatic rings. The summed E-state index contributed by atoms with van der Waals surface area (Å²) in [6.07, 6.45) is 6.86. The normalized spacial score (nSPS) is 18.6. The lowest BCUT2D eigenvalue weighted by molar-refractivity contribution is 0.203. The smallest absolute Gasteiger partial charge is 0.192 e. The van der Waals surface area contributed by atoms with Gasteiger partial charge in [0, 0.05) is 26.7 Å². The Morgan fingerprint density at radius 2 is 2.00 bits per heavy atom. The van der Waals surface area contributed by atoms with Gasteiger partial charge in [0.2, 0.25) is 0 Å². The lowest BCUT2D eigenvalue weighted by atomic mass is 9.78. The van der Waals surface area contributed by atoms with E-state index in [-0.39, 0.29) is 0 Å². The van der Waals surface area contributed by atoms with E-state index >= 15 is 0 Å². The van der Waals surface area contributed by atoms with Crippen LogP contribution in [0.2, 0.25) is 0 Å². The third kappa shape index (κ3) is 5.97. The number of aromatic nitrogens is 3. The predicted octanol–water partition coefficient (Wildman–Crippen LogP) is 2.41. The molecular weight excluding hydrogens is 328 g/mol. The second kappa shape index (κ2) is 10.5. The highest BCUT2D eigenvalue weighted by Gasteiger charge is 2.25. The van der Waals surface area contributed by atoms with Gasteiger partial charge in [0.15, 0.2) is 11.8 Å². The molecule has 26 heavy (non-hydrogen) atoms. The topological polar surface area (TPSA) is 76.4 Å². The molecule has 0 aliphatic heterocycles. The van der Waals surface area contributed by atoms with Gasteiger partial charge in [0.25, 0.3) is 0 Å². The fourth-order valence-corrected chi connectivity index (χ4v) is 3.58. The van der Waals surface area contributed by atoms with Crippen molar-refractivity contribution in [2.45, 2.75) is 65.5 Å². The Kier molecular flexibility index (Phi) is 8.35. The maximum Gasteiger partial charge on any atom is 0.192 e. The fourth-order valence-electron chi connectivity index (χ4n) is 3.58. The van der Waals surface area contributed by atoms with Crippen molar-refractivity contribution in [1.82, 2.24) is 25.4 Å². The summed E-state index contributed by atoms with van der Waals surface area (Å²) >= 11 is 0. The molecule has 0 spiro atoms. The fraction of sp³-hybridized carbons (Fsp3) is 0.842. The van der Waals surface area contributed by atoms with E-state index in [9.17, 15) is 0 Å². The molecule has 1 heterocycles. The molecule has 0 bridgehead atoms. The van der Waals surface area contributed by atoms with Gasteiger partial charge in [-0.1, -0.05) is 39.0 Å². The molecular formula is C19H36N6O. The van der Waals surface area contributed by atoms with Crippen molar-refractivity contribution in [3.63, 3.8) is 0 Å². The Morgan fingerprint density at radius 1 is 1.27 bits per heavy atom. The van der Waals surface area contributed by atoms with Crippen LogP contribution in [0.15, 0.2) is 4.99 Å². The van der Waals surface area contributed by atoms with Crippen molar-refractivity contribution < 1.29 is 4.74 Å². The van der Waals surface area contributed by atoms with Gasteiger partial charge >= 0.3 is 0 Å². The number of aryl methyl sites for hydroxylation is 1. The molecule has 0 saturated heterocycles. The zero-order chi connectivity index (χ0) is 18.9. The van der Waals surface area contributed by atoms with Crippen LogP contribution in [-0.2, 0) is 18.3 Å². The van der Waals surface area contributed by atoms with Gasteiger partial charge in [-0.15, -0.1) is 10.2 Å². The number of aliphatic imine (C=N–C) groups is 1. The van der Waals surface area contributed by atoms with Gasteiger partial charge in [0.1, 0.15) is 12.4 Å². The molecule has 1 aliphatic rings. The third-order valence-corrected chi connectivity index (χ3v) is 5.71. The van der Waals surface area contributed by atoms with Crippen molar-refractivity contribution in [3.05, 3.63) is 11.6 Å². The SMILES string of the molecule is COCCNC(=NCc1nnc(C)n1C)NC(C)C(C)C1CCCCC1. The minimum Gasteiger partial charge on any atom is -0.383 e. The lowest BCUT2D eigenvalue weighted by Crippen LogP contribution is -2.47. The van der Waals surface area contributed by atoms with Crippen LogP contribution in [0.4, 0.5) is 0 Å². The van der Waals surface area contributed by atoms with Gasteiger partial charge in [-0.25, -0.2) is 4.99 Å². The molecule has 2 unspecified atom stereocenters. The van der Waals surface area contributed by atoms with Crippen molar-refractivity contribution in [2.24, 2.45) is 23.9 Å². The number of guanidine groups is 1. The molecule has 148 valence electrons. The minimum absolute atomic E-state index is 0.369. The second-order valence-electron chi connectivity index (χ2n) is 7.50. The number of rotatable bonds is 8. The van der Waals surface area contributed by atoms with Gasteiger partial charge in [-0.2, -0.15) is 0 Å². The predicted molar refractivity (Wildman–Crippen MR) is 105 cm³/mol. The molecule has 0 radical (unpaired) electrons. The van der Waals surface area contributed by atoms with Crippen LogP contribution in [0.25, 0.3) is 0 Å². The molecule has 1 aromatic heterocycles. The summed E-state index contributed by atoms with van der Waals surface area (Å²) < 4.78 is 7.13. The first kappa shape index (κ1) is 20.7. The average Bonchev–Trinajstić information content (AvgIpc) is 2.98. The van der Waals surface area contributed by atoms with E-state index in [1.165, 1.54) is 32.1 Å². The quantitative estimate of drug-likeness (QED) is 0.421. The zero-order valence-corrected chi connectivity index (χ0v) is 17.1. The molecule has 2 atom stereocenters. The van der Waals surface area contributed by atoms with Crippen LogP contribution in [0.1, 0.15) is 57.6 Å². The summed E-state index contributed by atoms with van der Waals surface area (Å²) in [5.74, 6) is 4.02.